The largest absolute Gasteiger partial charge is 0.469 e. The van der Waals surface area contributed by atoms with Gasteiger partial charge in [-0.15, -0.1) is 0 Å². The van der Waals surface area contributed by atoms with Gasteiger partial charge in [0, 0.05) is 6.42 Å². The van der Waals surface area contributed by atoms with Crippen molar-refractivity contribution in [3.63, 3.8) is 0 Å². The summed E-state index contributed by atoms with van der Waals surface area (Å²) in [6.07, 6.45) is 1.03. The van der Waals surface area contributed by atoms with Crippen molar-refractivity contribution in [3.05, 3.63) is 0 Å². The highest BCUT2D eigenvalue weighted by atomic mass is 16.6. The van der Waals surface area contributed by atoms with Crippen LogP contribution in [0.1, 0.15) is 32.6 Å². The molecule has 0 heterocycles. The second-order valence-electron chi connectivity index (χ2n) is 2.91. The van der Waals surface area contributed by atoms with Gasteiger partial charge in [-0.2, -0.15) is 0 Å². The molecule has 0 bridgehead atoms. The quantitative estimate of drug-likeness (QED) is 0.504. The summed E-state index contributed by atoms with van der Waals surface area (Å²) >= 11 is 0. The molecule has 0 saturated carbocycles. The molecule has 0 aliphatic heterocycles. The maximum Gasteiger partial charge on any atom is 0.310 e. The number of esters is 2. The van der Waals surface area contributed by atoms with E-state index in [0.29, 0.717) is 6.42 Å². The standard InChI is InChI=1S/C9H17NO4/c1-3-4-5-8(11)14-7(10)6-9(12)13-2/h7H,3-6,10H2,1-2H3. The predicted octanol–water partition coefficient (Wildman–Crippen LogP) is 0.568. The van der Waals surface area contributed by atoms with Gasteiger partial charge in [0.15, 0.2) is 6.23 Å². The van der Waals surface area contributed by atoms with Crippen molar-refractivity contribution in [3.8, 4) is 0 Å². The maximum absolute atomic E-state index is 11.0. The van der Waals surface area contributed by atoms with Crippen molar-refractivity contribution in [2.45, 2.75) is 38.8 Å². The van der Waals surface area contributed by atoms with Crippen LogP contribution in [0.2, 0.25) is 0 Å². The van der Waals surface area contributed by atoms with E-state index in [2.05, 4.69) is 4.74 Å². The zero-order valence-electron chi connectivity index (χ0n) is 8.62. The van der Waals surface area contributed by atoms with Crippen LogP contribution in [0, 0.1) is 0 Å². The fourth-order valence-corrected chi connectivity index (χ4v) is 0.838. The van der Waals surface area contributed by atoms with Crippen molar-refractivity contribution >= 4 is 11.9 Å². The van der Waals surface area contributed by atoms with Gasteiger partial charge in [-0.1, -0.05) is 13.3 Å². The summed E-state index contributed by atoms with van der Waals surface area (Å²) in [5.41, 5.74) is 5.38. The Kier molecular flexibility index (Phi) is 6.74. The molecule has 0 aromatic heterocycles. The van der Waals surface area contributed by atoms with E-state index < -0.39 is 12.2 Å². The molecule has 0 aromatic rings. The van der Waals surface area contributed by atoms with Gasteiger partial charge in [0.2, 0.25) is 0 Å². The van der Waals surface area contributed by atoms with E-state index in [-0.39, 0.29) is 12.4 Å². The Hall–Kier alpha value is -1.10. The Bertz CT molecular complexity index is 193. The monoisotopic (exact) mass is 203 g/mol. The van der Waals surface area contributed by atoms with Crippen LogP contribution in [0.3, 0.4) is 0 Å². The number of hydrogen-bond donors (Lipinski definition) is 1. The number of carbonyl (C=O) groups is 2. The Labute approximate surface area is 83.5 Å². The zero-order valence-corrected chi connectivity index (χ0v) is 8.62. The van der Waals surface area contributed by atoms with Crippen LogP contribution >= 0.6 is 0 Å². The minimum atomic E-state index is -0.896. The molecule has 0 spiro atoms. The van der Waals surface area contributed by atoms with E-state index in [0.717, 1.165) is 12.8 Å². The topological polar surface area (TPSA) is 78.6 Å². The Balaban J connectivity index is 3.65. The smallest absolute Gasteiger partial charge is 0.310 e. The fourth-order valence-electron chi connectivity index (χ4n) is 0.838. The van der Waals surface area contributed by atoms with Gasteiger partial charge >= 0.3 is 11.9 Å². The lowest BCUT2D eigenvalue weighted by atomic mass is 10.2. The molecule has 0 amide bonds. The Morgan fingerprint density at radius 3 is 2.50 bits per heavy atom. The number of rotatable bonds is 6. The molecule has 0 aliphatic carbocycles. The molecule has 2 N–H and O–H groups in total. The van der Waals surface area contributed by atoms with Crippen LogP contribution in [-0.2, 0) is 19.1 Å². The lowest BCUT2D eigenvalue weighted by Crippen LogP contribution is -2.30. The number of carbonyl (C=O) groups excluding carboxylic acids is 2. The van der Waals surface area contributed by atoms with E-state index in [4.69, 9.17) is 10.5 Å². The first-order valence-electron chi connectivity index (χ1n) is 4.62. The zero-order chi connectivity index (χ0) is 11.0. The summed E-state index contributed by atoms with van der Waals surface area (Å²) in [7, 11) is 1.26. The minimum Gasteiger partial charge on any atom is -0.469 e. The van der Waals surface area contributed by atoms with Crippen LogP contribution < -0.4 is 5.73 Å². The van der Waals surface area contributed by atoms with Gasteiger partial charge in [0.25, 0.3) is 0 Å². The first-order valence-corrected chi connectivity index (χ1v) is 4.62. The van der Waals surface area contributed by atoms with Gasteiger partial charge in [0.1, 0.15) is 0 Å². The second-order valence-corrected chi connectivity index (χ2v) is 2.91. The van der Waals surface area contributed by atoms with Crippen molar-refractivity contribution in [2.24, 2.45) is 5.73 Å². The summed E-state index contributed by atoms with van der Waals surface area (Å²) in [5.74, 6) is -0.857. The van der Waals surface area contributed by atoms with Crippen molar-refractivity contribution in [1.29, 1.82) is 0 Å². The maximum atomic E-state index is 11.0. The van der Waals surface area contributed by atoms with E-state index in [1.807, 2.05) is 6.92 Å². The third-order valence-corrected chi connectivity index (χ3v) is 1.61. The number of ether oxygens (including phenoxy) is 2. The number of unbranched alkanes of at least 4 members (excludes halogenated alkanes) is 1. The van der Waals surface area contributed by atoms with Gasteiger partial charge in [-0.05, 0) is 6.42 Å². The summed E-state index contributed by atoms with van der Waals surface area (Å²) in [4.78, 5) is 21.8. The number of hydrogen-bond acceptors (Lipinski definition) is 5. The van der Waals surface area contributed by atoms with E-state index in [1.165, 1.54) is 7.11 Å². The van der Waals surface area contributed by atoms with Gasteiger partial charge in [-0.3, -0.25) is 15.3 Å². The van der Waals surface area contributed by atoms with Crippen LogP contribution in [0.5, 0.6) is 0 Å². The SMILES string of the molecule is CCCCC(=O)OC(N)CC(=O)OC. The molecule has 1 unspecified atom stereocenters. The molecular formula is C9H17NO4. The highest BCUT2D eigenvalue weighted by Gasteiger charge is 2.13. The second kappa shape index (κ2) is 7.32. The molecule has 0 aromatic carbocycles. The molecule has 1 atom stereocenters. The molecule has 0 aliphatic rings. The molecule has 0 fully saturated rings. The molecule has 82 valence electrons. The summed E-state index contributed by atoms with van der Waals surface area (Å²) in [5, 5.41) is 0. The fraction of sp³-hybridized carbons (Fsp3) is 0.778. The van der Waals surface area contributed by atoms with E-state index in [1.54, 1.807) is 0 Å². The molecule has 5 heteroatoms. The number of nitrogens with two attached hydrogens (primary N) is 1. The van der Waals surface area contributed by atoms with Crippen molar-refractivity contribution in [1.82, 2.24) is 0 Å². The third-order valence-electron chi connectivity index (χ3n) is 1.61. The molecule has 0 rings (SSSR count). The summed E-state index contributed by atoms with van der Waals surface area (Å²) in [6, 6.07) is 0. The highest BCUT2D eigenvalue weighted by molar-refractivity contribution is 5.72. The van der Waals surface area contributed by atoms with E-state index in [9.17, 15) is 9.59 Å². The molecular weight excluding hydrogens is 186 g/mol. The first kappa shape index (κ1) is 12.9. The summed E-state index contributed by atoms with van der Waals surface area (Å²) < 4.78 is 9.14. The van der Waals surface area contributed by atoms with Gasteiger partial charge in [-0.25, -0.2) is 0 Å². The minimum absolute atomic E-state index is 0.103. The normalized spacial score (nSPS) is 11.9. The predicted molar refractivity (Wildman–Crippen MR) is 50.2 cm³/mol. The molecule has 14 heavy (non-hydrogen) atoms. The van der Waals surface area contributed by atoms with Crippen LogP contribution in [-0.4, -0.2) is 25.3 Å². The molecule has 5 nitrogen and oxygen atoms in total. The Morgan fingerprint density at radius 1 is 1.36 bits per heavy atom. The molecule has 0 radical (unpaired) electrons. The average Bonchev–Trinajstić information content (AvgIpc) is 2.14. The lowest BCUT2D eigenvalue weighted by Gasteiger charge is -2.11. The number of methoxy groups -OCH3 is 1. The third kappa shape index (κ3) is 6.42. The lowest BCUT2D eigenvalue weighted by molar-refractivity contribution is -0.153. The highest BCUT2D eigenvalue weighted by Crippen LogP contribution is 2.00. The summed E-state index contributed by atoms with van der Waals surface area (Å²) in [6.45, 7) is 1.97. The van der Waals surface area contributed by atoms with Crippen LogP contribution in [0.25, 0.3) is 0 Å². The van der Waals surface area contributed by atoms with Crippen molar-refractivity contribution < 1.29 is 19.1 Å². The Morgan fingerprint density at radius 2 is 2.00 bits per heavy atom. The van der Waals surface area contributed by atoms with Crippen LogP contribution in [0.15, 0.2) is 0 Å². The van der Waals surface area contributed by atoms with Crippen molar-refractivity contribution in [2.75, 3.05) is 7.11 Å². The van der Waals surface area contributed by atoms with E-state index >= 15 is 0 Å². The first-order chi connectivity index (χ1) is 6.60. The van der Waals surface area contributed by atoms with Gasteiger partial charge in [0.05, 0.1) is 13.5 Å². The molecule has 0 saturated heterocycles. The van der Waals surface area contributed by atoms with Gasteiger partial charge < -0.3 is 9.47 Å². The average molecular weight is 203 g/mol. The van der Waals surface area contributed by atoms with Crippen LogP contribution in [0.4, 0.5) is 0 Å².